The van der Waals surface area contributed by atoms with Crippen LogP contribution in [-0.4, -0.2) is 69.6 Å². The van der Waals surface area contributed by atoms with Crippen LogP contribution in [0.4, 0.5) is 0 Å². The van der Waals surface area contributed by atoms with Crippen molar-refractivity contribution >= 4 is 33.7 Å². The Bertz CT molecular complexity index is 896. The molecule has 2 amide bonds. The van der Waals surface area contributed by atoms with E-state index in [1.54, 1.807) is 6.92 Å². The number of halogens is 1. The van der Waals surface area contributed by atoms with Crippen LogP contribution in [-0.2, 0) is 23.9 Å². The normalized spacial score (nSPS) is 34.0. The molecule has 4 rings (SSSR count). The van der Waals surface area contributed by atoms with Crippen LogP contribution in [0.25, 0.3) is 0 Å². The first-order valence-electron chi connectivity index (χ1n) is 11.0. The van der Waals surface area contributed by atoms with E-state index in [9.17, 15) is 19.5 Å². The van der Waals surface area contributed by atoms with Crippen LogP contribution in [0.3, 0.4) is 0 Å². The number of carbonyl (C=O) groups is 3. The number of nitrogens with one attached hydrogen (secondary N) is 1. The van der Waals surface area contributed by atoms with Crippen LogP contribution in [0.1, 0.15) is 38.8 Å². The zero-order valence-electron chi connectivity index (χ0n) is 18.4. The van der Waals surface area contributed by atoms with Crippen LogP contribution in [0, 0.1) is 11.8 Å². The van der Waals surface area contributed by atoms with Crippen LogP contribution in [0.5, 0.6) is 0 Å². The number of aliphatic hydroxyl groups is 1. The molecule has 3 fully saturated rings. The van der Waals surface area contributed by atoms with Crippen molar-refractivity contribution in [2.45, 2.75) is 61.8 Å². The number of amides is 2. The Kier molecular flexibility index (Phi) is 6.35. The third kappa shape index (κ3) is 3.45. The minimum absolute atomic E-state index is 0.154. The molecule has 3 unspecified atom stereocenters. The highest BCUT2D eigenvalue weighted by Crippen LogP contribution is 2.61. The lowest BCUT2D eigenvalue weighted by atomic mass is 9.70. The number of ether oxygens (including phenoxy) is 2. The summed E-state index contributed by atoms with van der Waals surface area (Å²) in [5.41, 5.74) is -0.464. The number of esters is 1. The number of nitrogens with zero attached hydrogens (tertiary/aromatic N) is 1. The number of hydrogen-bond donors (Lipinski definition) is 2. The van der Waals surface area contributed by atoms with E-state index < -0.39 is 41.6 Å². The number of aliphatic hydroxyl groups excluding tert-OH is 1. The molecule has 0 aliphatic carbocycles. The maximum atomic E-state index is 13.9. The van der Waals surface area contributed by atoms with Crippen molar-refractivity contribution in [1.29, 1.82) is 0 Å². The van der Waals surface area contributed by atoms with Gasteiger partial charge in [0.2, 0.25) is 11.8 Å². The van der Waals surface area contributed by atoms with Crippen molar-refractivity contribution in [2.75, 3.05) is 13.2 Å². The molecule has 8 nitrogen and oxygen atoms in total. The van der Waals surface area contributed by atoms with Gasteiger partial charge in [0.15, 0.2) is 0 Å². The SMILES string of the molecule is CCOC(=O)[C@H]1[C@@H]2OC3(CC2Br)C(C(=O)NC(C)C)N([C@H](CO)c2ccccc2)C(=O)[C@H]13. The highest BCUT2D eigenvalue weighted by atomic mass is 79.9. The summed E-state index contributed by atoms with van der Waals surface area (Å²) in [4.78, 5) is 41.5. The lowest BCUT2D eigenvalue weighted by molar-refractivity contribution is -0.155. The summed E-state index contributed by atoms with van der Waals surface area (Å²) >= 11 is 3.61. The summed E-state index contributed by atoms with van der Waals surface area (Å²) in [6.45, 7) is 5.22. The van der Waals surface area contributed by atoms with Gasteiger partial charge in [-0.2, -0.15) is 0 Å². The van der Waals surface area contributed by atoms with Gasteiger partial charge in [0.05, 0.1) is 37.2 Å². The number of carbonyl (C=O) groups excluding carboxylic acids is 3. The molecule has 7 atom stereocenters. The summed E-state index contributed by atoms with van der Waals surface area (Å²) in [5, 5.41) is 13.2. The Morgan fingerprint density at radius 3 is 2.62 bits per heavy atom. The van der Waals surface area contributed by atoms with Gasteiger partial charge in [-0.05, 0) is 32.8 Å². The molecule has 174 valence electrons. The van der Waals surface area contributed by atoms with Gasteiger partial charge in [0.25, 0.3) is 0 Å². The summed E-state index contributed by atoms with van der Waals surface area (Å²) < 4.78 is 11.7. The summed E-state index contributed by atoms with van der Waals surface area (Å²) in [5.74, 6) is -2.87. The molecule has 2 bridgehead atoms. The second kappa shape index (κ2) is 8.76. The van der Waals surface area contributed by atoms with Crippen LogP contribution >= 0.6 is 15.9 Å². The second-order valence-electron chi connectivity index (χ2n) is 8.93. The van der Waals surface area contributed by atoms with Gasteiger partial charge in [-0.3, -0.25) is 14.4 Å². The monoisotopic (exact) mass is 508 g/mol. The molecule has 9 heteroatoms. The molecule has 1 spiro atoms. The van der Waals surface area contributed by atoms with E-state index in [1.807, 2.05) is 44.2 Å². The lowest BCUT2D eigenvalue weighted by Gasteiger charge is -2.37. The number of hydrogen-bond acceptors (Lipinski definition) is 6. The van der Waals surface area contributed by atoms with Gasteiger partial charge in [0, 0.05) is 10.9 Å². The molecule has 2 N–H and O–H groups in total. The molecule has 3 aliphatic rings. The average molecular weight is 509 g/mol. The fourth-order valence-corrected chi connectivity index (χ4v) is 6.55. The minimum atomic E-state index is -1.17. The van der Waals surface area contributed by atoms with Gasteiger partial charge >= 0.3 is 5.97 Å². The quantitative estimate of drug-likeness (QED) is 0.427. The second-order valence-corrected chi connectivity index (χ2v) is 10.1. The van der Waals surface area contributed by atoms with E-state index in [0.717, 1.165) is 0 Å². The van der Waals surface area contributed by atoms with Gasteiger partial charge in [-0.15, -0.1) is 0 Å². The first kappa shape index (κ1) is 23.2. The lowest BCUT2D eigenvalue weighted by Crippen LogP contribution is -2.57. The smallest absolute Gasteiger partial charge is 0.312 e. The zero-order chi connectivity index (χ0) is 23.2. The standard InChI is InChI=1S/C23H29BrN2O6/c1-4-31-22(30)16-17-21(29)26(15(11-27)13-8-6-5-7-9-13)19(20(28)25-12(2)3)23(17)10-14(24)18(16)32-23/h5-9,12,14-19,27H,4,10-11H2,1-3H3,(H,25,28)/t14?,15-,16-,17+,18-,19?,23?/m1/s1. The van der Waals surface area contributed by atoms with Crippen LogP contribution in [0.2, 0.25) is 0 Å². The fraction of sp³-hybridized carbons (Fsp3) is 0.609. The molecule has 0 aromatic heterocycles. The Balaban J connectivity index is 1.83. The highest BCUT2D eigenvalue weighted by Gasteiger charge is 2.77. The predicted octanol–water partition coefficient (Wildman–Crippen LogP) is 1.56. The third-order valence-corrected chi connectivity index (χ3v) is 7.50. The molecule has 3 aliphatic heterocycles. The molecule has 3 saturated heterocycles. The Hall–Kier alpha value is -1.97. The number of benzene rings is 1. The van der Waals surface area contributed by atoms with Gasteiger partial charge in [0.1, 0.15) is 11.6 Å². The average Bonchev–Trinajstić information content (AvgIpc) is 3.33. The molecule has 32 heavy (non-hydrogen) atoms. The number of fused-ring (bicyclic) bond motifs is 1. The summed E-state index contributed by atoms with van der Waals surface area (Å²) in [7, 11) is 0. The molecule has 1 aromatic carbocycles. The molecular formula is C23H29BrN2O6. The first-order chi connectivity index (χ1) is 15.3. The Morgan fingerprint density at radius 2 is 2.03 bits per heavy atom. The van der Waals surface area contributed by atoms with Crippen molar-refractivity contribution < 1.29 is 29.0 Å². The summed E-state index contributed by atoms with van der Waals surface area (Å²) in [6.07, 6.45) is -0.146. The van der Waals surface area contributed by atoms with E-state index in [1.165, 1.54) is 4.90 Å². The largest absolute Gasteiger partial charge is 0.466 e. The molecule has 0 radical (unpaired) electrons. The van der Waals surface area contributed by atoms with Crippen molar-refractivity contribution in [3.8, 4) is 0 Å². The molecule has 1 aromatic rings. The summed E-state index contributed by atoms with van der Waals surface area (Å²) in [6, 6.07) is 7.22. The van der Waals surface area contributed by atoms with Gasteiger partial charge in [-0.25, -0.2) is 0 Å². The maximum absolute atomic E-state index is 13.9. The maximum Gasteiger partial charge on any atom is 0.312 e. The van der Waals surface area contributed by atoms with Crippen molar-refractivity contribution in [2.24, 2.45) is 11.8 Å². The number of rotatable bonds is 7. The van der Waals surface area contributed by atoms with Crippen molar-refractivity contribution in [1.82, 2.24) is 10.2 Å². The Morgan fingerprint density at radius 1 is 1.34 bits per heavy atom. The van der Waals surface area contributed by atoms with Crippen LogP contribution in [0.15, 0.2) is 30.3 Å². The van der Waals surface area contributed by atoms with E-state index >= 15 is 0 Å². The predicted molar refractivity (Wildman–Crippen MR) is 119 cm³/mol. The van der Waals surface area contributed by atoms with E-state index in [2.05, 4.69) is 21.2 Å². The minimum Gasteiger partial charge on any atom is -0.466 e. The third-order valence-electron chi connectivity index (χ3n) is 6.66. The fourth-order valence-electron chi connectivity index (χ4n) is 5.60. The van der Waals surface area contributed by atoms with E-state index in [-0.39, 0.29) is 35.9 Å². The van der Waals surface area contributed by atoms with Gasteiger partial charge < -0.3 is 24.8 Å². The number of alkyl halides is 1. The Labute approximate surface area is 195 Å². The van der Waals surface area contributed by atoms with Gasteiger partial charge in [-0.1, -0.05) is 46.3 Å². The highest BCUT2D eigenvalue weighted by molar-refractivity contribution is 9.09. The molecule has 0 saturated carbocycles. The van der Waals surface area contributed by atoms with E-state index in [0.29, 0.717) is 12.0 Å². The van der Waals surface area contributed by atoms with Crippen molar-refractivity contribution in [3.63, 3.8) is 0 Å². The zero-order valence-corrected chi connectivity index (χ0v) is 19.9. The first-order valence-corrected chi connectivity index (χ1v) is 11.9. The molecular weight excluding hydrogens is 480 g/mol. The molecule has 3 heterocycles. The number of likely N-dealkylation sites (tertiary alicyclic amines) is 1. The van der Waals surface area contributed by atoms with E-state index in [4.69, 9.17) is 9.47 Å². The van der Waals surface area contributed by atoms with Crippen molar-refractivity contribution in [3.05, 3.63) is 35.9 Å². The topological polar surface area (TPSA) is 105 Å². The van der Waals surface area contributed by atoms with Crippen LogP contribution < -0.4 is 5.32 Å².